The molecule has 1 heteroatoms. The first-order valence-corrected chi connectivity index (χ1v) is 6.84. The van der Waals surface area contributed by atoms with E-state index in [0.717, 1.165) is 5.69 Å². The van der Waals surface area contributed by atoms with Crippen molar-refractivity contribution in [1.29, 1.82) is 0 Å². The van der Waals surface area contributed by atoms with Gasteiger partial charge in [-0.2, -0.15) is 0 Å². The van der Waals surface area contributed by atoms with Gasteiger partial charge in [0.25, 0.3) is 0 Å². The maximum Gasteiger partial charge on any atom is 0.0320 e. The van der Waals surface area contributed by atoms with Crippen molar-refractivity contribution in [2.75, 3.05) is 5.73 Å². The Morgan fingerprint density at radius 3 is 1.85 bits per heavy atom. The van der Waals surface area contributed by atoms with E-state index in [-0.39, 0.29) is 0 Å². The van der Waals surface area contributed by atoms with Crippen molar-refractivity contribution in [3.05, 3.63) is 66.2 Å². The largest absolute Gasteiger partial charge is 0.399 e. The number of anilines is 1. The first-order valence-electron chi connectivity index (χ1n) is 6.84. The van der Waals surface area contributed by atoms with Crippen molar-refractivity contribution in [2.45, 2.75) is 6.92 Å². The van der Waals surface area contributed by atoms with Gasteiger partial charge in [-0.1, -0.05) is 54.1 Å². The Kier molecular flexibility index (Phi) is 2.25. The molecule has 0 saturated heterocycles. The minimum absolute atomic E-state index is 0.813. The van der Waals surface area contributed by atoms with Crippen LogP contribution in [0.25, 0.3) is 32.3 Å². The molecule has 0 heterocycles. The first kappa shape index (κ1) is 11.3. The topological polar surface area (TPSA) is 26.0 Å². The van der Waals surface area contributed by atoms with Crippen LogP contribution >= 0.6 is 0 Å². The van der Waals surface area contributed by atoms with Crippen molar-refractivity contribution in [3.63, 3.8) is 0 Å². The summed E-state index contributed by atoms with van der Waals surface area (Å²) in [6, 6.07) is 21.5. The second-order valence-electron chi connectivity index (χ2n) is 5.43. The van der Waals surface area contributed by atoms with Gasteiger partial charge in [-0.25, -0.2) is 0 Å². The van der Waals surface area contributed by atoms with E-state index in [4.69, 9.17) is 5.73 Å². The Balaban J connectivity index is 2.21. The molecule has 0 aliphatic heterocycles. The molecular formula is C19H15N. The zero-order chi connectivity index (χ0) is 13.7. The monoisotopic (exact) mass is 257 g/mol. The lowest BCUT2D eigenvalue weighted by Gasteiger charge is -2.08. The number of hydrogen-bond donors (Lipinski definition) is 1. The summed E-state index contributed by atoms with van der Waals surface area (Å²) < 4.78 is 0. The van der Waals surface area contributed by atoms with Crippen LogP contribution in [-0.4, -0.2) is 0 Å². The SMILES string of the molecule is Cc1ccc2c(ccc3c4ccc(N)cc4ccc23)c1. The lowest BCUT2D eigenvalue weighted by atomic mass is 9.96. The van der Waals surface area contributed by atoms with E-state index in [1.165, 1.54) is 37.9 Å². The van der Waals surface area contributed by atoms with E-state index in [9.17, 15) is 0 Å². The van der Waals surface area contributed by atoms with E-state index >= 15 is 0 Å². The molecule has 96 valence electrons. The van der Waals surface area contributed by atoms with Crippen LogP contribution in [0.1, 0.15) is 5.56 Å². The second-order valence-corrected chi connectivity index (χ2v) is 5.43. The fourth-order valence-electron chi connectivity index (χ4n) is 3.03. The molecule has 1 nitrogen and oxygen atoms in total. The van der Waals surface area contributed by atoms with Crippen molar-refractivity contribution >= 4 is 38.0 Å². The molecule has 0 spiro atoms. The van der Waals surface area contributed by atoms with Crippen molar-refractivity contribution in [2.24, 2.45) is 0 Å². The molecule has 0 radical (unpaired) electrons. The van der Waals surface area contributed by atoms with E-state index in [0.29, 0.717) is 0 Å². The van der Waals surface area contributed by atoms with Gasteiger partial charge in [0.1, 0.15) is 0 Å². The van der Waals surface area contributed by atoms with Crippen LogP contribution in [0.5, 0.6) is 0 Å². The molecule has 0 unspecified atom stereocenters. The van der Waals surface area contributed by atoms with Crippen LogP contribution in [0.15, 0.2) is 60.7 Å². The van der Waals surface area contributed by atoms with Crippen molar-refractivity contribution in [1.82, 2.24) is 0 Å². The van der Waals surface area contributed by atoms with Crippen LogP contribution in [0.2, 0.25) is 0 Å². The number of hydrogen-bond acceptors (Lipinski definition) is 1. The minimum atomic E-state index is 0.813. The average molecular weight is 257 g/mol. The van der Waals surface area contributed by atoms with Gasteiger partial charge < -0.3 is 5.73 Å². The Morgan fingerprint density at radius 1 is 0.600 bits per heavy atom. The summed E-state index contributed by atoms with van der Waals surface area (Å²) in [7, 11) is 0. The summed E-state index contributed by atoms with van der Waals surface area (Å²) in [6.45, 7) is 2.13. The fourth-order valence-corrected chi connectivity index (χ4v) is 3.03. The van der Waals surface area contributed by atoms with Gasteiger partial charge in [-0.15, -0.1) is 0 Å². The highest BCUT2D eigenvalue weighted by atomic mass is 14.5. The molecule has 4 aromatic rings. The van der Waals surface area contributed by atoms with Crippen LogP contribution in [0.3, 0.4) is 0 Å². The minimum Gasteiger partial charge on any atom is -0.399 e. The summed E-state index contributed by atoms with van der Waals surface area (Å²) >= 11 is 0. The van der Waals surface area contributed by atoms with Crippen LogP contribution in [0.4, 0.5) is 5.69 Å². The Hall–Kier alpha value is -2.54. The molecule has 0 fully saturated rings. The number of benzene rings is 4. The third-order valence-electron chi connectivity index (χ3n) is 4.01. The third kappa shape index (κ3) is 1.56. The Morgan fingerprint density at radius 2 is 1.15 bits per heavy atom. The zero-order valence-electron chi connectivity index (χ0n) is 11.4. The second kappa shape index (κ2) is 3.97. The van der Waals surface area contributed by atoms with Gasteiger partial charge in [-0.3, -0.25) is 0 Å². The molecular weight excluding hydrogens is 242 g/mol. The number of fused-ring (bicyclic) bond motifs is 5. The van der Waals surface area contributed by atoms with Gasteiger partial charge in [0.2, 0.25) is 0 Å². The molecule has 0 saturated carbocycles. The molecule has 0 aromatic heterocycles. The van der Waals surface area contributed by atoms with E-state index < -0.39 is 0 Å². The summed E-state index contributed by atoms with van der Waals surface area (Å²) in [6.07, 6.45) is 0. The molecule has 0 bridgehead atoms. The molecule has 0 amide bonds. The molecule has 0 aliphatic carbocycles. The predicted octanol–water partition coefficient (Wildman–Crippen LogP) is 5.04. The smallest absolute Gasteiger partial charge is 0.0320 e. The van der Waals surface area contributed by atoms with E-state index in [1.54, 1.807) is 0 Å². The molecule has 4 rings (SSSR count). The lowest BCUT2D eigenvalue weighted by Crippen LogP contribution is -1.85. The van der Waals surface area contributed by atoms with E-state index in [2.05, 4.69) is 55.5 Å². The molecule has 0 atom stereocenters. The number of nitrogens with two attached hydrogens (primary N) is 1. The van der Waals surface area contributed by atoms with Gasteiger partial charge in [0.15, 0.2) is 0 Å². The van der Waals surface area contributed by atoms with Gasteiger partial charge in [-0.05, 0) is 51.4 Å². The highest BCUT2D eigenvalue weighted by Gasteiger charge is 2.04. The highest BCUT2D eigenvalue weighted by molar-refractivity contribution is 6.17. The fraction of sp³-hybridized carbons (Fsp3) is 0.0526. The Labute approximate surface area is 117 Å². The van der Waals surface area contributed by atoms with Crippen LogP contribution in [0, 0.1) is 6.92 Å². The number of aryl methyl sites for hydroxylation is 1. The summed E-state index contributed by atoms with van der Waals surface area (Å²) in [5, 5.41) is 7.67. The normalized spacial score (nSPS) is 11.4. The Bertz CT molecular complexity index is 886. The van der Waals surface area contributed by atoms with Gasteiger partial charge in [0, 0.05) is 5.69 Å². The van der Waals surface area contributed by atoms with Gasteiger partial charge in [0.05, 0.1) is 0 Å². The third-order valence-corrected chi connectivity index (χ3v) is 4.01. The maximum absolute atomic E-state index is 5.88. The average Bonchev–Trinajstić information content (AvgIpc) is 2.45. The lowest BCUT2D eigenvalue weighted by molar-refractivity contribution is 1.51. The number of nitrogen functional groups attached to an aromatic ring is 1. The van der Waals surface area contributed by atoms with Gasteiger partial charge >= 0.3 is 0 Å². The van der Waals surface area contributed by atoms with Crippen molar-refractivity contribution < 1.29 is 0 Å². The highest BCUT2D eigenvalue weighted by Crippen LogP contribution is 2.32. The van der Waals surface area contributed by atoms with E-state index in [1.807, 2.05) is 12.1 Å². The van der Waals surface area contributed by atoms with Crippen molar-refractivity contribution in [3.8, 4) is 0 Å². The number of rotatable bonds is 0. The summed E-state index contributed by atoms with van der Waals surface area (Å²) in [5.74, 6) is 0. The van der Waals surface area contributed by atoms with Crippen LogP contribution in [-0.2, 0) is 0 Å². The molecule has 4 aromatic carbocycles. The predicted molar refractivity (Wildman–Crippen MR) is 88.1 cm³/mol. The molecule has 0 aliphatic rings. The van der Waals surface area contributed by atoms with Crippen LogP contribution < -0.4 is 5.73 Å². The summed E-state index contributed by atoms with van der Waals surface area (Å²) in [4.78, 5) is 0. The molecule has 20 heavy (non-hydrogen) atoms. The maximum atomic E-state index is 5.88. The first-order chi connectivity index (χ1) is 9.72. The summed E-state index contributed by atoms with van der Waals surface area (Å²) in [5.41, 5.74) is 7.99. The molecule has 2 N–H and O–H groups in total. The zero-order valence-corrected chi connectivity index (χ0v) is 11.4. The quantitative estimate of drug-likeness (QED) is 0.347. The standard InChI is InChI=1S/C19H15N/c1-12-2-6-16-13(10-12)3-7-19-17-9-5-15(20)11-14(17)4-8-18(16)19/h2-11H,20H2,1H3.